The van der Waals surface area contributed by atoms with Crippen LogP contribution in [0, 0.1) is 12.7 Å². The van der Waals surface area contributed by atoms with Crippen LogP contribution in [-0.2, 0) is 0 Å². The number of nitrogens with zero attached hydrogens (tertiary/aromatic N) is 2. The molecule has 0 spiro atoms. The van der Waals surface area contributed by atoms with Crippen molar-refractivity contribution in [1.29, 1.82) is 0 Å². The van der Waals surface area contributed by atoms with E-state index in [1.165, 1.54) is 31.3 Å². The van der Waals surface area contributed by atoms with E-state index in [1.807, 2.05) is 0 Å². The summed E-state index contributed by atoms with van der Waals surface area (Å²) in [6, 6.07) is 15.3. The van der Waals surface area contributed by atoms with Gasteiger partial charge in [0.25, 0.3) is 5.91 Å². The van der Waals surface area contributed by atoms with Gasteiger partial charge in [0.2, 0.25) is 5.95 Å². The summed E-state index contributed by atoms with van der Waals surface area (Å²) in [5.74, 6) is -1.15. The zero-order valence-electron chi connectivity index (χ0n) is 17.7. The van der Waals surface area contributed by atoms with Gasteiger partial charge in [-0.3, -0.25) is 14.5 Å². The second-order valence-corrected chi connectivity index (χ2v) is 7.43. The second kappa shape index (κ2) is 8.54. The number of hydrogen-bond donors (Lipinski definition) is 3. The molecule has 0 atom stereocenters. The van der Waals surface area contributed by atoms with Gasteiger partial charge in [-0.2, -0.15) is 0 Å². The number of ketones is 1. The molecule has 0 aliphatic rings. The average molecular weight is 446 g/mol. The molecule has 0 saturated heterocycles. The van der Waals surface area contributed by atoms with E-state index in [1.54, 1.807) is 43.3 Å². The first-order valence-electron chi connectivity index (χ1n) is 9.92. The third-order valence-electron chi connectivity index (χ3n) is 5.17. The van der Waals surface area contributed by atoms with E-state index < -0.39 is 12.0 Å². The van der Waals surface area contributed by atoms with Gasteiger partial charge in [0.05, 0.1) is 16.6 Å². The molecule has 0 radical (unpaired) electrons. The second-order valence-electron chi connectivity index (χ2n) is 7.43. The molecule has 0 bridgehead atoms. The van der Waals surface area contributed by atoms with Gasteiger partial charge < -0.3 is 15.4 Å². The number of amides is 2. The Bertz CT molecular complexity index is 1410. The molecule has 1 heterocycles. The highest BCUT2D eigenvalue weighted by Crippen LogP contribution is 2.22. The number of H-pyrrole nitrogens is 1. The Morgan fingerprint density at radius 3 is 2.45 bits per heavy atom. The van der Waals surface area contributed by atoms with Gasteiger partial charge in [0.15, 0.2) is 5.78 Å². The quantitative estimate of drug-likeness (QED) is 0.387. The molecule has 0 aliphatic carbocycles. The van der Waals surface area contributed by atoms with Crippen LogP contribution in [0.3, 0.4) is 0 Å². The number of benzene rings is 3. The molecule has 0 fully saturated rings. The summed E-state index contributed by atoms with van der Waals surface area (Å²) in [6.45, 7) is 1.59. The minimum Gasteiger partial charge on any atom is -0.465 e. The van der Waals surface area contributed by atoms with E-state index in [0.29, 0.717) is 27.8 Å². The number of aryl methyl sites for hydroxylation is 1. The number of fused-ring (bicyclic) bond motifs is 1. The van der Waals surface area contributed by atoms with Gasteiger partial charge >= 0.3 is 6.09 Å². The smallest absolute Gasteiger partial charge is 0.413 e. The van der Waals surface area contributed by atoms with Gasteiger partial charge in [-0.1, -0.05) is 18.2 Å². The number of rotatable bonds is 5. The maximum Gasteiger partial charge on any atom is 0.413 e. The van der Waals surface area contributed by atoms with Crippen molar-refractivity contribution in [3.05, 3.63) is 88.7 Å². The lowest BCUT2D eigenvalue weighted by atomic mass is 9.97. The Morgan fingerprint density at radius 2 is 1.76 bits per heavy atom. The fourth-order valence-electron chi connectivity index (χ4n) is 3.34. The number of hydrogen-bond acceptors (Lipinski definition) is 4. The summed E-state index contributed by atoms with van der Waals surface area (Å²) in [7, 11) is 1.35. The van der Waals surface area contributed by atoms with Crippen LogP contribution in [0.15, 0.2) is 60.7 Å². The number of halogens is 1. The largest absolute Gasteiger partial charge is 0.465 e. The van der Waals surface area contributed by atoms with Gasteiger partial charge in [0.1, 0.15) is 5.82 Å². The molecule has 33 heavy (non-hydrogen) atoms. The number of aromatic nitrogens is 2. The summed E-state index contributed by atoms with van der Waals surface area (Å²) in [5.41, 5.74) is 2.43. The summed E-state index contributed by atoms with van der Waals surface area (Å²) < 4.78 is 13.5. The molecule has 0 unspecified atom stereocenters. The lowest BCUT2D eigenvalue weighted by Crippen LogP contribution is -2.24. The topological polar surface area (TPSA) is 115 Å². The molecule has 4 aromatic rings. The number of nitrogens with one attached hydrogen (secondary N) is 2. The van der Waals surface area contributed by atoms with E-state index in [2.05, 4.69) is 15.3 Å². The normalized spacial score (nSPS) is 10.8. The summed E-state index contributed by atoms with van der Waals surface area (Å²) in [5, 5.41) is 11.8. The van der Waals surface area contributed by atoms with Gasteiger partial charge in [0, 0.05) is 23.9 Å². The highest BCUT2D eigenvalue weighted by molar-refractivity contribution is 6.18. The standard InChI is InChI=1S/C24H19FN4O4/c1-13-11-15(8-9-18(13)25)26-22(31)17-6-4-3-5-16(17)21(30)14-7-10-19-20(12-14)28-23(27-19)29(2)24(32)33/h3-12H,1-2H3,(H,26,31)(H,27,28)(H,32,33). The van der Waals surface area contributed by atoms with Crippen molar-refractivity contribution >= 4 is 40.5 Å². The molecule has 9 heteroatoms. The number of carboxylic acid groups (broad SMARTS) is 1. The minimum absolute atomic E-state index is 0.122. The zero-order valence-corrected chi connectivity index (χ0v) is 17.7. The number of carbonyl (C=O) groups is 3. The molecule has 3 aromatic carbocycles. The first-order valence-corrected chi connectivity index (χ1v) is 9.92. The van der Waals surface area contributed by atoms with Crippen molar-refractivity contribution in [2.24, 2.45) is 0 Å². The molecule has 1 aromatic heterocycles. The molecule has 0 saturated carbocycles. The van der Waals surface area contributed by atoms with Crippen LogP contribution in [-0.4, -0.2) is 39.9 Å². The van der Waals surface area contributed by atoms with Crippen molar-refractivity contribution in [2.75, 3.05) is 17.3 Å². The summed E-state index contributed by atoms with van der Waals surface area (Å²) in [6.07, 6.45) is -1.18. The molecule has 2 amide bonds. The van der Waals surface area contributed by atoms with E-state index in [0.717, 1.165) is 4.90 Å². The molecular formula is C24H19FN4O4. The first kappa shape index (κ1) is 21.7. The SMILES string of the molecule is Cc1cc(NC(=O)c2ccccc2C(=O)c2ccc3nc(N(C)C(=O)O)[nH]c3c2)ccc1F. The van der Waals surface area contributed by atoms with E-state index in [-0.39, 0.29) is 28.7 Å². The number of imidazole rings is 1. The van der Waals surface area contributed by atoms with Crippen LogP contribution >= 0.6 is 0 Å². The number of anilines is 2. The Kier molecular flexibility index (Phi) is 5.61. The summed E-state index contributed by atoms with van der Waals surface area (Å²) >= 11 is 0. The van der Waals surface area contributed by atoms with E-state index in [4.69, 9.17) is 5.11 Å². The van der Waals surface area contributed by atoms with Crippen LogP contribution in [0.2, 0.25) is 0 Å². The highest BCUT2D eigenvalue weighted by atomic mass is 19.1. The highest BCUT2D eigenvalue weighted by Gasteiger charge is 2.20. The van der Waals surface area contributed by atoms with E-state index in [9.17, 15) is 18.8 Å². The van der Waals surface area contributed by atoms with Gasteiger partial charge in [-0.25, -0.2) is 14.2 Å². The maximum atomic E-state index is 13.5. The minimum atomic E-state index is -1.18. The van der Waals surface area contributed by atoms with Crippen molar-refractivity contribution in [3.8, 4) is 0 Å². The van der Waals surface area contributed by atoms with Crippen LogP contribution in [0.1, 0.15) is 31.8 Å². The molecule has 8 nitrogen and oxygen atoms in total. The van der Waals surface area contributed by atoms with Gasteiger partial charge in [-0.15, -0.1) is 0 Å². The third-order valence-corrected chi connectivity index (χ3v) is 5.17. The Labute approximate surface area is 187 Å². The third kappa shape index (κ3) is 4.29. The van der Waals surface area contributed by atoms with E-state index >= 15 is 0 Å². The maximum absolute atomic E-state index is 13.5. The molecule has 0 aliphatic heterocycles. The van der Waals surface area contributed by atoms with Crippen molar-refractivity contribution in [1.82, 2.24) is 9.97 Å². The lowest BCUT2D eigenvalue weighted by molar-refractivity contribution is 0.0996. The summed E-state index contributed by atoms with van der Waals surface area (Å²) in [4.78, 5) is 45.3. The fraction of sp³-hybridized carbons (Fsp3) is 0.0833. The lowest BCUT2D eigenvalue weighted by Gasteiger charge is -2.10. The number of carbonyl (C=O) groups excluding carboxylic acids is 2. The average Bonchev–Trinajstić information content (AvgIpc) is 3.23. The molecule has 4 rings (SSSR count). The number of aromatic amines is 1. The Balaban J connectivity index is 1.65. The van der Waals surface area contributed by atoms with Crippen LogP contribution < -0.4 is 10.2 Å². The zero-order chi connectivity index (χ0) is 23.7. The van der Waals surface area contributed by atoms with Crippen molar-refractivity contribution in [3.63, 3.8) is 0 Å². The molecule has 166 valence electrons. The Hall–Kier alpha value is -4.53. The predicted octanol–water partition coefficient (Wildman–Crippen LogP) is 4.61. The molecule has 3 N–H and O–H groups in total. The van der Waals surface area contributed by atoms with Gasteiger partial charge in [-0.05, 0) is 55.0 Å². The van der Waals surface area contributed by atoms with Crippen molar-refractivity contribution < 1.29 is 23.9 Å². The Morgan fingerprint density at radius 1 is 1.03 bits per heavy atom. The van der Waals surface area contributed by atoms with Crippen LogP contribution in [0.5, 0.6) is 0 Å². The molecular weight excluding hydrogens is 427 g/mol. The van der Waals surface area contributed by atoms with Crippen LogP contribution in [0.25, 0.3) is 11.0 Å². The first-order chi connectivity index (χ1) is 15.7. The monoisotopic (exact) mass is 446 g/mol. The fourth-order valence-corrected chi connectivity index (χ4v) is 3.34. The van der Waals surface area contributed by atoms with Crippen LogP contribution in [0.4, 0.5) is 20.8 Å². The predicted molar refractivity (Wildman–Crippen MR) is 121 cm³/mol. The van der Waals surface area contributed by atoms with Crippen molar-refractivity contribution in [2.45, 2.75) is 6.92 Å².